The lowest BCUT2D eigenvalue weighted by Crippen LogP contribution is -2.49. The number of hydrogen-bond donors (Lipinski definition) is 1. The van der Waals surface area contributed by atoms with Gasteiger partial charge < -0.3 is 0 Å². The molecule has 4 heteroatoms. The number of nitrogens with one attached hydrogen (secondary N) is 1. The van der Waals surface area contributed by atoms with E-state index in [-0.39, 0.29) is 5.92 Å². The Morgan fingerprint density at radius 1 is 0.273 bits per heavy atom. The van der Waals surface area contributed by atoms with Crippen molar-refractivity contribution in [2.45, 2.75) is 22.3 Å². The molecule has 0 heterocycles. The summed E-state index contributed by atoms with van der Waals surface area (Å²) in [4.78, 5) is 0.324. The average molecular weight is 968 g/mol. The maximum absolute atomic E-state index is 16.0. The SMILES string of the molecule is O=S(=O)(NC(c1ccccc1)C12c3c4c5c6c7c8c(c9c%10c1c1c3c3c%11c4c4c5c5c7c7c%12c8c8c9c9c%10c%10c1c1c3c3c%11c%11c4c4c5c7c5c7c%12c8c8c9c9c%10c1c1c3c3c%11c4c5c4c7c8c9c1c34)C62)c1ccccc1. The van der Waals surface area contributed by atoms with Crippen LogP contribution in [0.15, 0.2) is 65.6 Å². The first-order valence-electron chi connectivity index (χ1n) is 28.0. The molecule has 4 aliphatic rings. The van der Waals surface area contributed by atoms with Gasteiger partial charge in [-0.1, -0.05) is 48.5 Å². The van der Waals surface area contributed by atoms with Gasteiger partial charge in [-0.25, -0.2) is 13.1 Å². The minimum atomic E-state index is -4.09. The van der Waals surface area contributed by atoms with Gasteiger partial charge in [-0.05, 0) is 331 Å². The van der Waals surface area contributed by atoms with E-state index in [0.717, 1.165) is 5.56 Å². The van der Waals surface area contributed by atoms with Crippen LogP contribution in [0.25, 0.3) is 291 Å². The second kappa shape index (κ2) is 7.25. The molecule has 0 radical (unpaired) electrons. The quantitative estimate of drug-likeness (QED) is 0.175. The van der Waals surface area contributed by atoms with E-state index in [4.69, 9.17) is 0 Å². The standard InChI is InChI=1S/C73H13NO2S/c75-77(76,12-9-5-2-6-10-12)74-72(11-7-3-1-4-8-11)73-69-65-59-45-37-29-17-14-13-15-18(17)30-32-28-22(15)24-20-16(13)19-23-21(14)27-31(29)43(45)51-49-35(27)33(23)41-39-25(19)26(20)40-42-34(24)36(28)50-52-44(32)46(38(30)37)60(59)66(69)62(52)64-56(50)54(42)58-48(40)47(39)57-53(41)55(49)63(61(51)65)70(73)67(57)68(58)71(64)73/h1-10,69,72,74H. The molecule has 328 valence electrons. The molecule has 34 rings (SSSR count). The van der Waals surface area contributed by atoms with Crippen LogP contribution in [0.4, 0.5) is 0 Å². The molecule has 0 spiro atoms. The maximum atomic E-state index is 16.0. The molecule has 1 unspecified atom stereocenters. The van der Waals surface area contributed by atoms with Crippen molar-refractivity contribution in [3.8, 4) is 0 Å². The van der Waals surface area contributed by atoms with Crippen LogP contribution in [0.5, 0.6) is 0 Å². The Labute approximate surface area is 422 Å². The maximum Gasteiger partial charge on any atom is 0.241 e. The first-order chi connectivity index (χ1) is 38.2. The second-order valence-electron chi connectivity index (χ2n) is 26.9. The fraction of sp³-hybridized carbons (Fsp3) is 0.0411. The predicted octanol–water partition coefficient (Wildman–Crippen LogP) is 18.9. The zero-order valence-electron chi connectivity index (χ0n) is 39.2. The molecule has 30 aromatic rings. The lowest BCUT2D eigenvalue weighted by atomic mass is 9.53. The van der Waals surface area contributed by atoms with Crippen molar-refractivity contribution in [3.05, 3.63) is 88.5 Å². The highest BCUT2D eigenvalue weighted by molar-refractivity contribution is 7.89. The Balaban J connectivity index is 1.07. The molecule has 30 aromatic carbocycles. The van der Waals surface area contributed by atoms with E-state index in [9.17, 15) is 0 Å². The molecular formula is C73H13NO2S. The number of rotatable bonds is 5. The summed E-state index contributed by atoms with van der Waals surface area (Å²) < 4.78 is 35.7. The molecule has 0 fully saturated rings. The van der Waals surface area contributed by atoms with Gasteiger partial charge in [-0.15, -0.1) is 0 Å². The van der Waals surface area contributed by atoms with E-state index >= 15 is 8.42 Å². The zero-order valence-corrected chi connectivity index (χ0v) is 40.0. The van der Waals surface area contributed by atoms with Crippen LogP contribution in [0, 0.1) is 0 Å². The summed E-state index contributed by atoms with van der Waals surface area (Å²) in [6.45, 7) is 0. The molecule has 77 heavy (non-hydrogen) atoms. The summed E-state index contributed by atoms with van der Waals surface area (Å²) in [5, 5.41) is 83.6. The molecule has 1 N–H and O–H groups in total. The predicted molar refractivity (Wildman–Crippen MR) is 321 cm³/mol. The summed E-state index contributed by atoms with van der Waals surface area (Å²) in [6, 6.07) is 19.7. The van der Waals surface area contributed by atoms with Gasteiger partial charge in [0.05, 0.1) is 16.4 Å². The van der Waals surface area contributed by atoms with E-state index in [2.05, 4.69) is 35.1 Å². The summed E-state index contributed by atoms with van der Waals surface area (Å²) in [7, 11) is -4.09. The van der Waals surface area contributed by atoms with E-state index in [0.29, 0.717) is 4.90 Å². The van der Waals surface area contributed by atoms with E-state index in [1.807, 2.05) is 18.2 Å². The Morgan fingerprint density at radius 3 is 0.753 bits per heavy atom. The molecule has 0 amide bonds. The van der Waals surface area contributed by atoms with Crippen LogP contribution in [-0.4, -0.2) is 8.42 Å². The van der Waals surface area contributed by atoms with Crippen LogP contribution >= 0.6 is 0 Å². The highest BCUT2D eigenvalue weighted by Gasteiger charge is 2.66. The largest absolute Gasteiger partial charge is 0.241 e. The van der Waals surface area contributed by atoms with Crippen molar-refractivity contribution >= 4 is 301 Å². The van der Waals surface area contributed by atoms with Crippen LogP contribution in [0.2, 0.25) is 0 Å². The Morgan fingerprint density at radius 2 is 0.481 bits per heavy atom. The topological polar surface area (TPSA) is 46.2 Å². The smallest absolute Gasteiger partial charge is 0.207 e. The van der Waals surface area contributed by atoms with Gasteiger partial charge in [0.25, 0.3) is 0 Å². The lowest BCUT2D eigenvalue weighted by molar-refractivity contribution is 0.363. The van der Waals surface area contributed by atoms with Crippen molar-refractivity contribution in [2.24, 2.45) is 0 Å². The van der Waals surface area contributed by atoms with Crippen molar-refractivity contribution in [3.63, 3.8) is 0 Å². The van der Waals surface area contributed by atoms with Crippen LogP contribution in [0.3, 0.4) is 0 Å². The van der Waals surface area contributed by atoms with Gasteiger partial charge in [0.15, 0.2) is 0 Å². The fourth-order valence-corrected chi connectivity index (χ4v) is 26.9. The van der Waals surface area contributed by atoms with Gasteiger partial charge in [0.2, 0.25) is 10.0 Å². The first-order valence-corrected chi connectivity index (χ1v) is 29.5. The summed E-state index contributed by atoms with van der Waals surface area (Å²) >= 11 is 0. The third-order valence-corrected chi connectivity index (χ3v) is 27.5. The minimum absolute atomic E-state index is 0.114. The first kappa shape index (κ1) is 30.4. The zero-order chi connectivity index (χ0) is 46.6. The molecular weight excluding hydrogens is 955 g/mol. The molecule has 0 bridgehead atoms. The lowest BCUT2D eigenvalue weighted by Gasteiger charge is -2.50. The van der Waals surface area contributed by atoms with Gasteiger partial charge in [-0.3, -0.25) is 0 Å². The Kier molecular flexibility index (Phi) is 2.86. The van der Waals surface area contributed by atoms with Gasteiger partial charge in [0.1, 0.15) is 0 Å². The Bertz CT molecular complexity index is 7710. The highest BCUT2D eigenvalue weighted by atomic mass is 32.2. The Hall–Kier alpha value is -9.19. The monoisotopic (exact) mass is 967 g/mol. The van der Waals surface area contributed by atoms with E-state index < -0.39 is 21.5 Å². The molecule has 3 nitrogen and oxygen atoms in total. The van der Waals surface area contributed by atoms with Crippen molar-refractivity contribution < 1.29 is 8.42 Å². The third kappa shape index (κ3) is 1.81. The number of hydrogen-bond acceptors (Lipinski definition) is 2. The van der Waals surface area contributed by atoms with Crippen LogP contribution in [0.1, 0.15) is 39.8 Å². The fourth-order valence-electron chi connectivity index (χ4n) is 25.6. The van der Waals surface area contributed by atoms with E-state index in [1.54, 1.807) is 184 Å². The van der Waals surface area contributed by atoms with Gasteiger partial charge >= 0.3 is 0 Å². The highest BCUT2D eigenvalue weighted by Crippen LogP contribution is 2.84. The minimum Gasteiger partial charge on any atom is -0.207 e. The summed E-state index contributed by atoms with van der Waals surface area (Å²) in [5.41, 5.74) is 6.17. The molecule has 0 aromatic heterocycles. The molecule has 0 saturated heterocycles. The summed E-state index contributed by atoms with van der Waals surface area (Å²) in [6.07, 6.45) is 0. The van der Waals surface area contributed by atoms with Crippen molar-refractivity contribution in [1.82, 2.24) is 4.72 Å². The van der Waals surface area contributed by atoms with E-state index in [1.165, 1.54) is 141 Å². The molecule has 4 aliphatic carbocycles. The van der Waals surface area contributed by atoms with Gasteiger partial charge in [-0.2, -0.15) is 0 Å². The third-order valence-electron chi connectivity index (χ3n) is 26.1. The second-order valence-corrected chi connectivity index (χ2v) is 28.6. The number of sulfonamides is 1. The van der Waals surface area contributed by atoms with Crippen LogP contribution in [-0.2, 0) is 15.4 Å². The molecule has 1 atom stereocenters. The van der Waals surface area contributed by atoms with Gasteiger partial charge in [0, 0.05) is 5.92 Å². The van der Waals surface area contributed by atoms with Crippen molar-refractivity contribution in [1.29, 1.82) is 0 Å². The molecule has 0 saturated carbocycles. The van der Waals surface area contributed by atoms with Crippen LogP contribution < -0.4 is 4.72 Å². The van der Waals surface area contributed by atoms with Crippen molar-refractivity contribution in [2.75, 3.05) is 0 Å². The average Bonchev–Trinajstić information content (AvgIpc) is 1.69. The normalized spacial score (nSPS) is 20.5. The number of benzene rings is 20. The summed E-state index contributed by atoms with van der Waals surface area (Å²) in [5.74, 6) is -0.114. The molecule has 0 aliphatic heterocycles.